The van der Waals surface area contributed by atoms with Crippen molar-refractivity contribution < 1.29 is 0 Å². The van der Waals surface area contributed by atoms with Crippen molar-refractivity contribution in [2.75, 3.05) is 5.32 Å². The molecule has 3 heteroatoms. The summed E-state index contributed by atoms with van der Waals surface area (Å²) >= 11 is 0. The first-order valence-corrected chi connectivity index (χ1v) is 6.41. The van der Waals surface area contributed by atoms with Gasteiger partial charge in [0, 0.05) is 25.1 Å². The minimum Gasteiger partial charge on any atom is -0.375 e. The van der Waals surface area contributed by atoms with E-state index in [2.05, 4.69) is 55.3 Å². The van der Waals surface area contributed by atoms with Crippen LogP contribution >= 0.6 is 0 Å². The average Bonchev–Trinajstić information content (AvgIpc) is 2.76. The van der Waals surface area contributed by atoms with Crippen LogP contribution in [0.4, 0.5) is 5.69 Å². The number of rotatable bonds is 4. The lowest BCUT2D eigenvalue weighted by Crippen LogP contribution is -2.12. The molecule has 0 aliphatic heterocycles. The Kier molecular flexibility index (Phi) is 3.70. The molecule has 1 aromatic heterocycles. The smallest absolute Gasteiger partial charge is 0.130 e. The van der Waals surface area contributed by atoms with E-state index in [1.54, 1.807) is 0 Å². The number of anilines is 1. The third kappa shape index (κ3) is 2.73. The van der Waals surface area contributed by atoms with Gasteiger partial charge in [0.25, 0.3) is 0 Å². The van der Waals surface area contributed by atoms with E-state index in [-0.39, 0.29) is 6.04 Å². The maximum atomic E-state index is 4.37. The zero-order valence-corrected chi connectivity index (χ0v) is 11.5. The van der Waals surface area contributed by atoms with E-state index in [9.17, 15) is 0 Å². The lowest BCUT2D eigenvalue weighted by Gasteiger charge is -2.16. The third-order valence-electron chi connectivity index (χ3n) is 3.18. The average molecular weight is 243 g/mol. The third-order valence-corrected chi connectivity index (χ3v) is 3.18. The number of aromatic nitrogens is 2. The molecule has 0 spiro atoms. The molecule has 96 valence electrons. The van der Waals surface area contributed by atoms with Crippen molar-refractivity contribution in [1.82, 2.24) is 9.55 Å². The number of nitrogens with zero attached hydrogens (tertiary/aromatic N) is 2. The highest BCUT2D eigenvalue weighted by Gasteiger charge is 2.10. The van der Waals surface area contributed by atoms with Gasteiger partial charge in [-0.15, -0.1) is 0 Å². The largest absolute Gasteiger partial charge is 0.375 e. The van der Waals surface area contributed by atoms with Crippen molar-refractivity contribution in [3.63, 3.8) is 0 Å². The van der Waals surface area contributed by atoms with E-state index in [1.807, 2.05) is 24.0 Å². The Morgan fingerprint density at radius 3 is 2.61 bits per heavy atom. The van der Waals surface area contributed by atoms with E-state index in [4.69, 9.17) is 0 Å². The first-order valence-electron chi connectivity index (χ1n) is 6.41. The Labute approximate surface area is 109 Å². The lowest BCUT2D eigenvalue weighted by atomic mass is 10.0. The summed E-state index contributed by atoms with van der Waals surface area (Å²) in [5.41, 5.74) is 2.50. The Hall–Kier alpha value is -1.77. The van der Waals surface area contributed by atoms with Crippen LogP contribution in [0.15, 0.2) is 36.7 Å². The van der Waals surface area contributed by atoms with E-state index < -0.39 is 0 Å². The SMILES string of the molecule is CC(C)c1cccc(NC(C)c2nccn2C)c1. The summed E-state index contributed by atoms with van der Waals surface area (Å²) < 4.78 is 2.05. The van der Waals surface area contributed by atoms with Gasteiger partial charge in [0.05, 0.1) is 6.04 Å². The van der Waals surface area contributed by atoms with Gasteiger partial charge in [0.2, 0.25) is 0 Å². The molecular weight excluding hydrogens is 222 g/mol. The monoisotopic (exact) mass is 243 g/mol. The van der Waals surface area contributed by atoms with Crippen LogP contribution in [0.25, 0.3) is 0 Å². The van der Waals surface area contributed by atoms with Gasteiger partial charge in [0.1, 0.15) is 5.82 Å². The summed E-state index contributed by atoms with van der Waals surface area (Å²) in [5, 5.41) is 3.50. The molecule has 0 aliphatic rings. The van der Waals surface area contributed by atoms with Gasteiger partial charge in [-0.1, -0.05) is 26.0 Å². The van der Waals surface area contributed by atoms with E-state index in [0.29, 0.717) is 5.92 Å². The predicted octanol–water partition coefficient (Wildman–Crippen LogP) is 3.72. The molecule has 2 rings (SSSR count). The first-order chi connectivity index (χ1) is 8.58. The normalized spacial score (nSPS) is 12.7. The Bertz CT molecular complexity index is 514. The van der Waals surface area contributed by atoms with Crippen LogP contribution < -0.4 is 5.32 Å². The number of hydrogen-bond donors (Lipinski definition) is 1. The summed E-state index contributed by atoms with van der Waals surface area (Å²) in [6.07, 6.45) is 3.80. The molecule has 0 saturated carbocycles. The van der Waals surface area contributed by atoms with Crippen molar-refractivity contribution in [2.24, 2.45) is 7.05 Å². The van der Waals surface area contributed by atoms with Crippen LogP contribution in [0.2, 0.25) is 0 Å². The van der Waals surface area contributed by atoms with Gasteiger partial charge in [0.15, 0.2) is 0 Å². The van der Waals surface area contributed by atoms with E-state index >= 15 is 0 Å². The number of benzene rings is 1. The van der Waals surface area contributed by atoms with Crippen molar-refractivity contribution in [1.29, 1.82) is 0 Å². The van der Waals surface area contributed by atoms with Crippen LogP contribution in [0, 0.1) is 0 Å². The van der Waals surface area contributed by atoms with E-state index in [1.165, 1.54) is 5.56 Å². The summed E-state index contributed by atoms with van der Waals surface area (Å²) in [7, 11) is 2.02. The highest BCUT2D eigenvalue weighted by molar-refractivity contribution is 5.47. The summed E-state index contributed by atoms with van der Waals surface area (Å²) in [4.78, 5) is 4.37. The Morgan fingerprint density at radius 2 is 2.00 bits per heavy atom. The molecular formula is C15H21N3. The van der Waals surface area contributed by atoms with E-state index in [0.717, 1.165) is 11.5 Å². The maximum Gasteiger partial charge on any atom is 0.130 e. The Balaban J connectivity index is 2.14. The summed E-state index contributed by atoms with van der Waals surface area (Å²) in [6, 6.07) is 8.78. The summed E-state index contributed by atoms with van der Waals surface area (Å²) in [6.45, 7) is 6.55. The molecule has 0 bridgehead atoms. The fourth-order valence-corrected chi connectivity index (χ4v) is 2.10. The minimum atomic E-state index is 0.201. The van der Waals surface area contributed by atoms with Crippen molar-refractivity contribution in [2.45, 2.75) is 32.7 Å². The molecule has 0 saturated heterocycles. The number of imidazole rings is 1. The summed E-state index contributed by atoms with van der Waals surface area (Å²) in [5.74, 6) is 1.60. The molecule has 1 aromatic carbocycles. The number of nitrogens with one attached hydrogen (secondary N) is 1. The second-order valence-electron chi connectivity index (χ2n) is 5.04. The second-order valence-corrected chi connectivity index (χ2v) is 5.04. The fourth-order valence-electron chi connectivity index (χ4n) is 2.10. The maximum absolute atomic E-state index is 4.37. The van der Waals surface area contributed by atoms with Crippen molar-refractivity contribution >= 4 is 5.69 Å². The van der Waals surface area contributed by atoms with Gasteiger partial charge in [-0.25, -0.2) is 4.98 Å². The van der Waals surface area contributed by atoms with Crippen LogP contribution in [0.1, 0.15) is 44.1 Å². The quantitative estimate of drug-likeness (QED) is 0.887. The first kappa shape index (κ1) is 12.7. The van der Waals surface area contributed by atoms with Crippen LogP contribution in [-0.4, -0.2) is 9.55 Å². The molecule has 18 heavy (non-hydrogen) atoms. The molecule has 0 radical (unpaired) electrons. The molecule has 3 nitrogen and oxygen atoms in total. The van der Waals surface area contributed by atoms with Crippen LogP contribution in [0.5, 0.6) is 0 Å². The second kappa shape index (κ2) is 5.25. The van der Waals surface area contributed by atoms with Crippen molar-refractivity contribution in [3.8, 4) is 0 Å². The van der Waals surface area contributed by atoms with Gasteiger partial charge >= 0.3 is 0 Å². The fraction of sp³-hybridized carbons (Fsp3) is 0.400. The standard InChI is InChI=1S/C15H21N3/c1-11(2)13-6-5-7-14(10-13)17-12(3)15-16-8-9-18(15)4/h5-12,17H,1-4H3. The highest BCUT2D eigenvalue weighted by atomic mass is 15.1. The minimum absolute atomic E-state index is 0.201. The van der Waals surface area contributed by atoms with Gasteiger partial charge in [-0.2, -0.15) is 0 Å². The zero-order valence-electron chi connectivity index (χ0n) is 11.5. The predicted molar refractivity (Wildman–Crippen MR) is 75.8 cm³/mol. The molecule has 1 atom stereocenters. The molecule has 0 fully saturated rings. The molecule has 0 aliphatic carbocycles. The topological polar surface area (TPSA) is 29.9 Å². The number of hydrogen-bond acceptors (Lipinski definition) is 2. The molecule has 1 unspecified atom stereocenters. The van der Waals surface area contributed by atoms with Gasteiger partial charge in [-0.05, 0) is 30.5 Å². The van der Waals surface area contributed by atoms with Crippen LogP contribution in [0.3, 0.4) is 0 Å². The Morgan fingerprint density at radius 1 is 1.22 bits per heavy atom. The number of aryl methyl sites for hydroxylation is 1. The molecule has 1 heterocycles. The molecule has 0 amide bonds. The van der Waals surface area contributed by atoms with Gasteiger partial charge in [-0.3, -0.25) is 0 Å². The van der Waals surface area contributed by atoms with Crippen LogP contribution in [-0.2, 0) is 7.05 Å². The molecule has 1 N–H and O–H groups in total. The lowest BCUT2D eigenvalue weighted by molar-refractivity contribution is 0.721. The zero-order chi connectivity index (χ0) is 13.1. The molecule has 2 aromatic rings. The highest BCUT2D eigenvalue weighted by Crippen LogP contribution is 2.22. The van der Waals surface area contributed by atoms with Crippen molar-refractivity contribution in [3.05, 3.63) is 48.0 Å². The van der Waals surface area contributed by atoms with Gasteiger partial charge < -0.3 is 9.88 Å².